The number of phenolic OH excluding ortho intramolecular Hbond substituents is 1. The number of hydrogen-bond acceptors (Lipinski definition) is 2. The number of aryl methyl sites for hydroxylation is 1. The molecular formula is C22H18N2O. The van der Waals surface area contributed by atoms with Gasteiger partial charge in [-0.2, -0.15) is 5.10 Å². The van der Waals surface area contributed by atoms with Gasteiger partial charge in [-0.3, -0.25) is 0 Å². The molecule has 1 heterocycles. The largest absolute Gasteiger partial charge is 0.507 e. The van der Waals surface area contributed by atoms with E-state index in [1.54, 1.807) is 6.07 Å². The summed E-state index contributed by atoms with van der Waals surface area (Å²) in [6.07, 6.45) is 0. The van der Waals surface area contributed by atoms with Crippen LogP contribution in [0.4, 0.5) is 0 Å². The maximum Gasteiger partial charge on any atom is 0.125 e. The summed E-state index contributed by atoms with van der Waals surface area (Å²) in [6.45, 7) is 2.01. The minimum Gasteiger partial charge on any atom is -0.507 e. The molecule has 4 rings (SSSR count). The zero-order valence-electron chi connectivity index (χ0n) is 13.9. The Morgan fingerprint density at radius 2 is 1.48 bits per heavy atom. The van der Waals surface area contributed by atoms with Gasteiger partial charge in [0, 0.05) is 11.1 Å². The average molecular weight is 326 g/mol. The second-order valence-electron chi connectivity index (χ2n) is 6.05. The Bertz CT molecular complexity index is 948. The fourth-order valence-corrected chi connectivity index (χ4v) is 2.95. The summed E-state index contributed by atoms with van der Waals surface area (Å²) in [5, 5.41) is 15.1. The topological polar surface area (TPSA) is 38.0 Å². The van der Waals surface area contributed by atoms with Gasteiger partial charge >= 0.3 is 0 Å². The molecule has 0 amide bonds. The second-order valence-corrected chi connectivity index (χ2v) is 6.05. The molecule has 3 heteroatoms. The molecule has 0 aliphatic carbocycles. The van der Waals surface area contributed by atoms with Gasteiger partial charge < -0.3 is 5.11 Å². The molecular weight excluding hydrogens is 308 g/mol. The van der Waals surface area contributed by atoms with E-state index < -0.39 is 0 Å². The highest BCUT2D eigenvalue weighted by Crippen LogP contribution is 2.33. The van der Waals surface area contributed by atoms with Crippen LogP contribution in [0.5, 0.6) is 5.75 Å². The van der Waals surface area contributed by atoms with Crippen LogP contribution in [0.3, 0.4) is 0 Å². The summed E-state index contributed by atoms with van der Waals surface area (Å²) in [4.78, 5) is 0. The first kappa shape index (κ1) is 15.2. The molecule has 25 heavy (non-hydrogen) atoms. The highest BCUT2D eigenvalue weighted by atomic mass is 16.3. The van der Waals surface area contributed by atoms with E-state index in [2.05, 4.69) is 12.1 Å². The summed E-state index contributed by atoms with van der Waals surface area (Å²) < 4.78 is 1.92. The van der Waals surface area contributed by atoms with Crippen molar-refractivity contribution in [2.75, 3.05) is 0 Å². The van der Waals surface area contributed by atoms with Gasteiger partial charge in [0.15, 0.2) is 0 Å². The summed E-state index contributed by atoms with van der Waals surface area (Å²) >= 11 is 0. The highest BCUT2D eigenvalue weighted by molar-refractivity contribution is 5.74. The Morgan fingerprint density at radius 1 is 0.800 bits per heavy atom. The maximum absolute atomic E-state index is 10.3. The number of phenols is 1. The van der Waals surface area contributed by atoms with Crippen molar-refractivity contribution in [3.8, 4) is 34.0 Å². The van der Waals surface area contributed by atoms with Gasteiger partial charge in [0.25, 0.3) is 0 Å². The van der Waals surface area contributed by atoms with E-state index in [4.69, 9.17) is 5.10 Å². The van der Waals surface area contributed by atoms with Crippen molar-refractivity contribution in [1.82, 2.24) is 9.78 Å². The van der Waals surface area contributed by atoms with Crippen molar-refractivity contribution < 1.29 is 5.11 Å². The lowest BCUT2D eigenvalue weighted by Gasteiger charge is -2.07. The number of benzene rings is 3. The fourth-order valence-electron chi connectivity index (χ4n) is 2.95. The van der Waals surface area contributed by atoms with Crippen LogP contribution in [0, 0.1) is 6.92 Å². The first-order chi connectivity index (χ1) is 12.2. The van der Waals surface area contributed by atoms with Crippen LogP contribution in [-0.2, 0) is 0 Å². The summed E-state index contributed by atoms with van der Waals surface area (Å²) in [5.74, 6) is 0.239. The Kier molecular flexibility index (Phi) is 3.82. The van der Waals surface area contributed by atoms with Crippen LogP contribution in [0.1, 0.15) is 5.56 Å². The molecule has 3 nitrogen and oxygen atoms in total. The van der Waals surface area contributed by atoms with Crippen molar-refractivity contribution in [3.05, 3.63) is 90.5 Å². The maximum atomic E-state index is 10.3. The monoisotopic (exact) mass is 326 g/mol. The first-order valence-electron chi connectivity index (χ1n) is 8.23. The van der Waals surface area contributed by atoms with Crippen molar-refractivity contribution in [2.45, 2.75) is 6.92 Å². The minimum absolute atomic E-state index is 0.239. The number of aromatic hydroxyl groups is 1. The first-order valence-corrected chi connectivity index (χ1v) is 8.23. The zero-order chi connectivity index (χ0) is 17.2. The predicted octanol–water partition coefficient (Wildman–Crippen LogP) is 5.22. The normalized spacial score (nSPS) is 10.8. The van der Waals surface area contributed by atoms with Crippen molar-refractivity contribution in [2.24, 2.45) is 0 Å². The van der Waals surface area contributed by atoms with Crippen molar-refractivity contribution >= 4 is 0 Å². The molecule has 0 aliphatic rings. The quantitative estimate of drug-likeness (QED) is 0.560. The van der Waals surface area contributed by atoms with E-state index in [1.807, 2.05) is 78.3 Å². The molecule has 1 N–H and O–H groups in total. The van der Waals surface area contributed by atoms with Gasteiger partial charge in [0.2, 0.25) is 0 Å². The van der Waals surface area contributed by atoms with Crippen LogP contribution in [0.25, 0.3) is 28.2 Å². The summed E-state index contributed by atoms with van der Waals surface area (Å²) in [7, 11) is 0. The number of nitrogens with zero attached hydrogens (tertiary/aromatic N) is 2. The summed E-state index contributed by atoms with van der Waals surface area (Å²) in [5.41, 5.74) is 5.64. The lowest BCUT2D eigenvalue weighted by atomic mass is 10.1. The molecule has 3 aromatic carbocycles. The van der Waals surface area contributed by atoms with Crippen molar-refractivity contribution in [3.63, 3.8) is 0 Å². The van der Waals surface area contributed by atoms with E-state index in [-0.39, 0.29) is 5.75 Å². The van der Waals surface area contributed by atoms with Crippen LogP contribution < -0.4 is 0 Å². The molecule has 0 spiro atoms. The lowest BCUT2D eigenvalue weighted by Crippen LogP contribution is -1.98. The van der Waals surface area contributed by atoms with E-state index in [1.165, 1.54) is 0 Å². The Hall–Kier alpha value is -3.33. The Labute approximate surface area is 146 Å². The van der Waals surface area contributed by atoms with E-state index in [9.17, 15) is 5.11 Å². The molecule has 0 fully saturated rings. The minimum atomic E-state index is 0.239. The standard InChI is InChI=1S/C22H18N2O/c1-16-12-13-22(25)19(14-16)20-15-21(17-8-4-2-5-9-17)24(23-20)18-10-6-3-7-11-18/h2-15,25H,1H3. The van der Waals surface area contributed by atoms with E-state index >= 15 is 0 Å². The fraction of sp³-hybridized carbons (Fsp3) is 0.0455. The molecule has 0 bridgehead atoms. The SMILES string of the molecule is Cc1ccc(O)c(-c2cc(-c3ccccc3)n(-c3ccccc3)n2)c1. The van der Waals surface area contributed by atoms with Gasteiger partial charge in [-0.15, -0.1) is 0 Å². The van der Waals surface area contributed by atoms with Crippen LogP contribution in [0.2, 0.25) is 0 Å². The molecule has 0 atom stereocenters. The number of para-hydroxylation sites is 1. The van der Waals surface area contributed by atoms with Gasteiger partial charge in [0.1, 0.15) is 5.75 Å². The third-order valence-electron chi connectivity index (χ3n) is 4.21. The van der Waals surface area contributed by atoms with Crippen LogP contribution >= 0.6 is 0 Å². The second kappa shape index (κ2) is 6.29. The number of aromatic nitrogens is 2. The lowest BCUT2D eigenvalue weighted by molar-refractivity contribution is 0.477. The molecule has 0 aliphatic heterocycles. The molecule has 0 saturated carbocycles. The van der Waals surface area contributed by atoms with Crippen LogP contribution in [-0.4, -0.2) is 14.9 Å². The molecule has 0 saturated heterocycles. The molecule has 4 aromatic rings. The van der Waals surface area contributed by atoms with E-state index in [0.717, 1.165) is 33.8 Å². The predicted molar refractivity (Wildman–Crippen MR) is 101 cm³/mol. The van der Waals surface area contributed by atoms with E-state index in [0.29, 0.717) is 0 Å². The molecule has 0 radical (unpaired) electrons. The third kappa shape index (κ3) is 2.92. The molecule has 0 unspecified atom stereocenters. The number of rotatable bonds is 3. The van der Waals surface area contributed by atoms with Crippen LogP contribution in [0.15, 0.2) is 84.9 Å². The van der Waals surface area contributed by atoms with Crippen molar-refractivity contribution in [1.29, 1.82) is 0 Å². The van der Waals surface area contributed by atoms with Gasteiger partial charge in [0.05, 0.1) is 17.1 Å². The number of hydrogen-bond donors (Lipinski definition) is 1. The van der Waals surface area contributed by atoms with Gasteiger partial charge in [-0.05, 0) is 37.3 Å². The average Bonchev–Trinajstić information content (AvgIpc) is 3.10. The Balaban J connectivity index is 1.94. The zero-order valence-corrected chi connectivity index (χ0v) is 13.9. The van der Waals surface area contributed by atoms with Gasteiger partial charge in [-0.25, -0.2) is 4.68 Å². The molecule has 1 aromatic heterocycles. The summed E-state index contributed by atoms with van der Waals surface area (Å²) in [6, 6.07) is 27.8. The Morgan fingerprint density at radius 3 is 2.20 bits per heavy atom. The highest BCUT2D eigenvalue weighted by Gasteiger charge is 2.15. The van der Waals surface area contributed by atoms with Gasteiger partial charge in [-0.1, -0.05) is 60.2 Å². The molecule has 122 valence electrons. The third-order valence-corrected chi connectivity index (χ3v) is 4.21. The smallest absolute Gasteiger partial charge is 0.125 e.